The number of H-pyrrole nitrogens is 1. The van der Waals surface area contributed by atoms with Gasteiger partial charge >= 0.3 is 0 Å². The highest BCUT2D eigenvalue weighted by molar-refractivity contribution is 7.90. The lowest BCUT2D eigenvalue weighted by Crippen LogP contribution is -2.36. The molecule has 0 radical (unpaired) electrons. The van der Waals surface area contributed by atoms with Gasteiger partial charge in [-0.2, -0.15) is 5.10 Å². The highest BCUT2D eigenvalue weighted by Crippen LogP contribution is 2.39. The molecule has 1 aliphatic heterocycles. The summed E-state index contributed by atoms with van der Waals surface area (Å²) in [6.07, 6.45) is 7.14. The van der Waals surface area contributed by atoms with Crippen molar-refractivity contribution >= 4 is 26.4 Å². The van der Waals surface area contributed by atoms with Crippen LogP contribution in [-0.2, 0) is 9.84 Å². The van der Waals surface area contributed by atoms with Crippen LogP contribution in [0, 0.1) is 13.8 Å². The summed E-state index contributed by atoms with van der Waals surface area (Å²) in [7, 11) is -2.92. The number of rotatable bonds is 6. The van der Waals surface area contributed by atoms with Gasteiger partial charge in [-0.05, 0) is 86.0 Å². The number of aromatic amines is 1. The Balaban J connectivity index is 1.48. The maximum atomic E-state index is 11.5. The van der Waals surface area contributed by atoms with Gasteiger partial charge in [-0.1, -0.05) is 19.9 Å². The molecule has 1 aromatic carbocycles. The number of benzene rings is 1. The predicted octanol–water partition coefficient (Wildman–Crippen LogP) is 4.84. The van der Waals surface area contributed by atoms with Crippen molar-refractivity contribution in [2.24, 2.45) is 0 Å². The zero-order chi connectivity index (χ0) is 24.9. The monoisotopic (exact) mass is 493 g/mol. The van der Waals surface area contributed by atoms with Crippen LogP contribution >= 0.6 is 0 Å². The van der Waals surface area contributed by atoms with E-state index in [0.717, 1.165) is 42.7 Å². The number of aromatic nitrogens is 4. The Morgan fingerprint density at radius 2 is 1.89 bits per heavy atom. The molecule has 0 aliphatic carbocycles. The summed E-state index contributed by atoms with van der Waals surface area (Å²) in [5, 5.41) is 5.69. The summed E-state index contributed by atoms with van der Waals surface area (Å²) in [5.74, 6) is 1.10. The maximum absolute atomic E-state index is 11.5. The molecule has 0 saturated carbocycles. The molecular formula is C27H35N5O2S. The second-order valence-electron chi connectivity index (χ2n) is 10.4. The van der Waals surface area contributed by atoms with Crippen LogP contribution in [0.1, 0.15) is 60.8 Å². The number of piperidine rings is 1. The molecule has 0 atom stereocenters. The lowest BCUT2D eigenvalue weighted by atomic mass is 9.87. The number of likely N-dealkylation sites (tertiary alicyclic amines) is 1. The van der Waals surface area contributed by atoms with Crippen molar-refractivity contribution in [1.82, 2.24) is 24.5 Å². The Bertz CT molecular complexity index is 1490. The normalized spacial score (nSPS) is 16.2. The van der Waals surface area contributed by atoms with Gasteiger partial charge in [-0.3, -0.25) is 0 Å². The predicted molar refractivity (Wildman–Crippen MR) is 142 cm³/mol. The van der Waals surface area contributed by atoms with Crippen molar-refractivity contribution in [3.05, 3.63) is 53.0 Å². The fourth-order valence-corrected chi connectivity index (χ4v) is 6.13. The van der Waals surface area contributed by atoms with Gasteiger partial charge in [-0.15, -0.1) is 0 Å². The molecular weight excluding hydrogens is 458 g/mol. The van der Waals surface area contributed by atoms with Gasteiger partial charge in [0.05, 0.1) is 11.4 Å². The highest BCUT2D eigenvalue weighted by Gasteiger charge is 2.24. The first kappa shape index (κ1) is 24.0. The zero-order valence-corrected chi connectivity index (χ0v) is 22.1. The first-order chi connectivity index (χ1) is 16.6. The number of sulfone groups is 1. The van der Waals surface area contributed by atoms with Crippen LogP contribution in [0.5, 0.6) is 0 Å². The first-order valence-corrected chi connectivity index (χ1v) is 14.5. The lowest BCUT2D eigenvalue weighted by Gasteiger charge is -2.32. The quantitative estimate of drug-likeness (QED) is 0.415. The number of fused-ring (bicyclic) bond motifs is 2. The molecule has 1 aliphatic rings. The van der Waals surface area contributed by atoms with E-state index < -0.39 is 9.84 Å². The zero-order valence-electron chi connectivity index (χ0n) is 21.3. The molecule has 35 heavy (non-hydrogen) atoms. The number of nitrogens with one attached hydrogen (secondary N) is 1. The van der Waals surface area contributed by atoms with E-state index in [1.807, 2.05) is 4.52 Å². The molecule has 0 amide bonds. The lowest BCUT2D eigenvalue weighted by molar-refractivity contribution is 0.223. The van der Waals surface area contributed by atoms with E-state index in [1.165, 1.54) is 39.6 Å². The second kappa shape index (κ2) is 9.06. The largest absolute Gasteiger partial charge is 0.354 e. The van der Waals surface area contributed by atoms with Gasteiger partial charge in [0.25, 0.3) is 0 Å². The number of pyridine rings is 1. The Kier molecular flexibility index (Phi) is 6.21. The summed E-state index contributed by atoms with van der Waals surface area (Å²) in [5.41, 5.74) is 9.49. The molecule has 0 unspecified atom stereocenters. The van der Waals surface area contributed by atoms with Gasteiger partial charge in [0.2, 0.25) is 0 Å². The van der Waals surface area contributed by atoms with Crippen molar-refractivity contribution in [2.45, 2.75) is 52.4 Å². The van der Waals surface area contributed by atoms with E-state index in [0.29, 0.717) is 18.4 Å². The van der Waals surface area contributed by atoms with Crippen molar-refractivity contribution in [2.75, 3.05) is 31.6 Å². The van der Waals surface area contributed by atoms with E-state index in [1.54, 1.807) is 6.33 Å². The fourth-order valence-electron chi connectivity index (χ4n) is 5.54. The van der Waals surface area contributed by atoms with Crippen molar-refractivity contribution < 1.29 is 8.42 Å². The minimum atomic E-state index is -2.92. The topological polar surface area (TPSA) is 83.4 Å². The Hall–Kier alpha value is -2.71. The smallest absolute Gasteiger partial charge is 0.158 e. The summed E-state index contributed by atoms with van der Waals surface area (Å²) >= 11 is 0. The minimum absolute atomic E-state index is 0.243. The van der Waals surface area contributed by atoms with Crippen LogP contribution in [0.25, 0.3) is 27.8 Å². The number of nitrogens with zero attached hydrogens (tertiary/aromatic N) is 4. The van der Waals surface area contributed by atoms with E-state index >= 15 is 0 Å². The van der Waals surface area contributed by atoms with E-state index in [-0.39, 0.29) is 5.75 Å². The Morgan fingerprint density at radius 1 is 1.14 bits per heavy atom. The van der Waals surface area contributed by atoms with Gasteiger partial charge in [0, 0.05) is 35.5 Å². The number of hydrogen-bond donors (Lipinski definition) is 1. The Labute approximate surface area is 207 Å². The minimum Gasteiger partial charge on any atom is -0.354 e. The molecule has 4 aromatic rings. The molecule has 3 aromatic heterocycles. The first-order valence-electron chi connectivity index (χ1n) is 12.5. The van der Waals surface area contributed by atoms with Crippen LogP contribution < -0.4 is 0 Å². The standard InChI is InChI=1S/C27H35N5O2S/c1-17(2)25-22-14-21(20-8-10-31(11-9-20)12-13-35(5,33)34)6-7-24(22)30-26(25)23-15-32-27(28-16-29-32)19(4)18(23)3/h6-7,14-17,20,30H,8-13H2,1-5H3. The van der Waals surface area contributed by atoms with Gasteiger partial charge in [-0.25, -0.2) is 17.9 Å². The highest BCUT2D eigenvalue weighted by atomic mass is 32.2. The Morgan fingerprint density at radius 3 is 2.57 bits per heavy atom. The second-order valence-corrected chi connectivity index (χ2v) is 12.7. The SMILES string of the molecule is Cc1c(-c2[nH]c3ccc(C4CCN(CCS(C)(=O)=O)CC4)cc3c2C(C)C)cn2ncnc2c1C. The average Bonchev–Trinajstić information content (AvgIpc) is 3.44. The molecule has 1 fully saturated rings. The van der Waals surface area contributed by atoms with Crippen LogP contribution in [0.15, 0.2) is 30.7 Å². The summed E-state index contributed by atoms with van der Waals surface area (Å²) < 4.78 is 24.9. The maximum Gasteiger partial charge on any atom is 0.158 e. The molecule has 1 saturated heterocycles. The van der Waals surface area contributed by atoms with E-state index in [2.05, 4.69) is 72.1 Å². The molecule has 1 N–H and O–H groups in total. The molecule has 0 spiro atoms. The molecule has 186 valence electrons. The van der Waals surface area contributed by atoms with Gasteiger partial charge < -0.3 is 9.88 Å². The number of aryl methyl sites for hydroxylation is 1. The van der Waals surface area contributed by atoms with E-state index in [9.17, 15) is 8.42 Å². The van der Waals surface area contributed by atoms with Crippen LogP contribution in [-0.4, -0.2) is 64.5 Å². The molecule has 5 rings (SSSR count). The van der Waals surface area contributed by atoms with Crippen molar-refractivity contribution in [3.63, 3.8) is 0 Å². The molecule has 7 nitrogen and oxygen atoms in total. The number of hydrogen-bond acceptors (Lipinski definition) is 5. The van der Waals surface area contributed by atoms with Gasteiger partial charge in [0.15, 0.2) is 5.65 Å². The molecule has 4 heterocycles. The van der Waals surface area contributed by atoms with Crippen LogP contribution in [0.4, 0.5) is 0 Å². The van der Waals surface area contributed by atoms with Crippen LogP contribution in [0.3, 0.4) is 0 Å². The third-order valence-corrected chi connectivity index (χ3v) is 8.60. The summed E-state index contributed by atoms with van der Waals surface area (Å²) in [6, 6.07) is 6.88. The van der Waals surface area contributed by atoms with Crippen molar-refractivity contribution in [3.8, 4) is 11.3 Å². The van der Waals surface area contributed by atoms with E-state index in [4.69, 9.17) is 0 Å². The molecule has 0 bridgehead atoms. The van der Waals surface area contributed by atoms with Crippen LogP contribution in [0.2, 0.25) is 0 Å². The average molecular weight is 494 g/mol. The summed E-state index contributed by atoms with van der Waals surface area (Å²) in [6.45, 7) is 11.3. The third-order valence-electron chi connectivity index (χ3n) is 7.67. The van der Waals surface area contributed by atoms with Crippen molar-refractivity contribution in [1.29, 1.82) is 0 Å². The molecule has 8 heteroatoms. The summed E-state index contributed by atoms with van der Waals surface area (Å²) in [4.78, 5) is 10.4. The third kappa shape index (κ3) is 4.61. The van der Waals surface area contributed by atoms with Gasteiger partial charge in [0.1, 0.15) is 16.2 Å². The fraction of sp³-hybridized carbons (Fsp3) is 0.481.